The van der Waals surface area contributed by atoms with Crippen molar-refractivity contribution in [2.24, 2.45) is 11.8 Å². The molecule has 1 heterocycles. The second kappa shape index (κ2) is 5.75. The number of halogens is 3. The van der Waals surface area contributed by atoms with Crippen molar-refractivity contribution < 1.29 is 17.9 Å². The molecule has 1 saturated carbocycles. The minimum atomic E-state index is -4.05. The van der Waals surface area contributed by atoms with Gasteiger partial charge in [-0.05, 0) is 38.5 Å². The van der Waals surface area contributed by atoms with Crippen molar-refractivity contribution in [2.45, 2.75) is 38.8 Å². The van der Waals surface area contributed by atoms with E-state index in [1.807, 2.05) is 6.92 Å². The predicted molar refractivity (Wildman–Crippen MR) is 63.8 cm³/mol. The van der Waals surface area contributed by atoms with Crippen LogP contribution in [0.3, 0.4) is 0 Å². The van der Waals surface area contributed by atoms with E-state index in [2.05, 4.69) is 9.97 Å². The molecule has 1 aliphatic rings. The van der Waals surface area contributed by atoms with Crippen LogP contribution in [-0.4, -0.2) is 22.8 Å². The van der Waals surface area contributed by atoms with Crippen molar-refractivity contribution in [3.63, 3.8) is 0 Å². The SMILES string of the molecule is Cc1cc(OCC2CCC(C(F)(F)F)CC2)ncn1. The summed E-state index contributed by atoms with van der Waals surface area (Å²) in [6, 6.07) is 1.72. The first-order valence-electron chi connectivity index (χ1n) is 6.43. The van der Waals surface area contributed by atoms with Gasteiger partial charge in [-0.15, -0.1) is 0 Å². The fourth-order valence-electron chi connectivity index (χ4n) is 2.37. The lowest BCUT2D eigenvalue weighted by Crippen LogP contribution is -2.29. The maximum Gasteiger partial charge on any atom is 0.391 e. The molecule has 0 saturated heterocycles. The van der Waals surface area contributed by atoms with Gasteiger partial charge in [-0.1, -0.05) is 0 Å². The summed E-state index contributed by atoms with van der Waals surface area (Å²) in [5.41, 5.74) is 0.811. The van der Waals surface area contributed by atoms with Crippen LogP contribution in [0.15, 0.2) is 12.4 Å². The number of alkyl halides is 3. The minimum absolute atomic E-state index is 0.189. The van der Waals surface area contributed by atoms with Gasteiger partial charge in [0, 0.05) is 11.8 Å². The number of aryl methyl sites for hydroxylation is 1. The van der Waals surface area contributed by atoms with Crippen LogP contribution in [0.1, 0.15) is 31.4 Å². The second-order valence-electron chi connectivity index (χ2n) is 5.07. The van der Waals surface area contributed by atoms with E-state index in [-0.39, 0.29) is 18.8 Å². The normalized spacial score (nSPS) is 24.2. The van der Waals surface area contributed by atoms with Crippen LogP contribution in [-0.2, 0) is 0 Å². The van der Waals surface area contributed by atoms with E-state index in [1.165, 1.54) is 6.33 Å². The van der Waals surface area contributed by atoms with Crippen molar-refractivity contribution >= 4 is 0 Å². The van der Waals surface area contributed by atoms with Crippen LogP contribution >= 0.6 is 0 Å². The largest absolute Gasteiger partial charge is 0.477 e. The summed E-state index contributed by atoms with van der Waals surface area (Å²) in [5.74, 6) is -0.454. The van der Waals surface area contributed by atoms with Crippen molar-refractivity contribution in [3.8, 4) is 5.88 Å². The van der Waals surface area contributed by atoms with E-state index < -0.39 is 12.1 Å². The van der Waals surface area contributed by atoms with Gasteiger partial charge in [-0.2, -0.15) is 13.2 Å². The summed E-state index contributed by atoms with van der Waals surface area (Å²) in [6.45, 7) is 2.27. The molecule has 0 bridgehead atoms. The third-order valence-electron chi connectivity index (χ3n) is 3.56. The second-order valence-corrected chi connectivity index (χ2v) is 5.07. The Morgan fingerprint density at radius 2 is 1.89 bits per heavy atom. The number of hydrogen-bond acceptors (Lipinski definition) is 3. The molecule has 1 fully saturated rings. The fourth-order valence-corrected chi connectivity index (χ4v) is 2.37. The first-order chi connectivity index (χ1) is 8.95. The molecule has 1 aromatic heterocycles. The molecule has 0 aliphatic heterocycles. The molecule has 1 aliphatic carbocycles. The molecule has 2 rings (SSSR count). The van der Waals surface area contributed by atoms with Gasteiger partial charge < -0.3 is 4.74 Å². The molecule has 0 N–H and O–H groups in total. The smallest absolute Gasteiger partial charge is 0.391 e. The molecular weight excluding hydrogens is 257 g/mol. The Bertz CT molecular complexity index is 415. The highest BCUT2D eigenvalue weighted by Gasteiger charge is 2.41. The Morgan fingerprint density at radius 1 is 1.21 bits per heavy atom. The zero-order chi connectivity index (χ0) is 13.9. The Balaban J connectivity index is 1.77. The molecule has 6 heteroatoms. The maximum atomic E-state index is 12.5. The predicted octanol–water partition coefficient (Wildman–Crippen LogP) is 3.53. The van der Waals surface area contributed by atoms with Crippen LogP contribution < -0.4 is 4.74 Å². The summed E-state index contributed by atoms with van der Waals surface area (Å²) in [4.78, 5) is 7.92. The third kappa shape index (κ3) is 4.08. The average Bonchev–Trinajstić information content (AvgIpc) is 2.36. The highest BCUT2D eigenvalue weighted by Crippen LogP contribution is 2.39. The zero-order valence-electron chi connectivity index (χ0n) is 10.8. The van der Waals surface area contributed by atoms with Crippen molar-refractivity contribution in [3.05, 3.63) is 18.1 Å². The molecule has 106 valence electrons. The fraction of sp³-hybridized carbons (Fsp3) is 0.692. The van der Waals surface area contributed by atoms with Gasteiger partial charge in [0.2, 0.25) is 5.88 Å². The minimum Gasteiger partial charge on any atom is -0.477 e. The van der Waals surface area contributed by atoms with E-state index in [1.54, 1.807) is 6.07 Å². The Morgan fingerprint density at radius 3 is 2.47 bits per heavy atom. The van der Waals surface area contributed by atoms with Gasteiger partial charge in [-0.3, -0.25) is 0 Å². The summed E-state index contributed by atoms with van der Waals surface area (Å²) >= 11 is 0. The average molecular weight is 274 g/mol. The van der Waals surface area contributed by atoms with Gasteiger partial charge in [0.05, 0.1) is 12.5 Å². The van der Waals surface area contributed by atoms with Gasteiger partial charge in [0.1, 0.15) is 6.33 Å². The zero-order valence-corrected chi connectivity index (χ0v) is 10.8. The van der Waals surface area contributed by atoms with Gasteiger partial charge >= 0.3 is 6.18 Å². The van der Waals surface area contributed by atoms with Crippen molar-refractivity contribution in [1.82, 2.24) is 9.97 Å². The first-order valence-corrected chi connectivity index (χ1v) is 6.43. The molecule has 0 radical (unpaired) electrons. The number of ether oxygens (including phenoxy) is 1. The van der Waals surface area contributed by atoms with Gasteiger partial charge in [-0.25, -0.2) is 9.97 Å². The number of nitrogens with zero attached hydrogens (tertiary/aromatic N) is 2. The lowest BCUT2D eigenvalue weighted by molar-refractivity contribution is -0.184. The summed E-state index contributed by atoms with van der Waals surface area (Å²) < 4.78 is 43.1. The number of rotatable bonds is 3. The quantitative estimate of drug-likeness (QED) is 0.845. The molecule has 3 nitrogen and oxygen atoms in total. The topological polar surface area (TPSA) is 35.0 Å². The molecule has 0 unspecified atom stereocenters. The van der Waals surface area contributed by atoms with Gasteiger partial charge in [0.25, 0.3) is 0 Å². The first kappa shape index (κ1) is 14.1. The van der Waals surface area contributed by atoms with E-state index >= 15 is 0 Å². The van der Waals surface area contributed by atoms with E-state index in [9.17, 15) is 13.2 Å². The van der Waals surface area contributed by atoms with Crippen LogP contribution in [0.25, 0.3) is 0 Å². The van der Waals surface area contributed by atoms with Crippen LogP contribution in [0.5, 0.6) is 5.88 Å². The molecule has 0 spiro atoms. The molecule has 1 aromatic rings. The number of aromatic nitrogens is 2. The third-order valence-corrected chi connectivity index (χ3v) is 3.56. The Kier molecular flexibility index (Phi) is 4.27. The van der Waals surface area contributed by atoms with Crippen LogP contribution in [0.2, 0.25) is 0 Å². The Hall–Kier alpha value is -1.33. The molecule has 0 aromatic carbocycles. The summed E-state index contributed by atoms with van der Waals surface area (Å²) in [5, 5.41) is 0. The monoisotopic (exact) mass is 274 g/mol. The lowest BCUT2D eigenvalue weighted by Gasteiger charge is -2.29. The molecule has 0 atom stereocenters. The molecular formula is C13H17F3N2O. The van der Waals surface area contributed by atoms with Crippen LogP contribution in [0.4, 0.5) is 13.2 Å². The van der Waals surface area contributed by atoms with Gasteiger partial charge in [0.15, 0.2) is 0 Å². The highest BCUT2D eigenvalue weighted by molar-refractivity contribution is 5.11. The van der Waals surface area contributed by atoms with Crippen molar-refractivity contribution in [1.29, 1.82) is 0 Å². The highest BCUT2D eigenvalue weighted by atomic mass is 19.4. The summed E-state index contributed by atoms with van der Waals surface area (Å²) in [6.07, 6.45) is -1.08. The molecule has 0 amide bonds. The lowest BCUT2D eigenvalue weighted by atomic mass is 9.82. The number of hydrogen-bond donors (Lipinski definition) is 0. The van der Waals surface area contributed by atoms with Crippen LogP contribution in [0, 0.1) is 18.8 Å². The molecule has 19 heavy (non-hydrogen) atoms. The van der Waals surface area contributed by atoms with Crippen molar-refractivity contribution in [2.75, 3.05) is 6.61 Å². The van der Waals surface area contributed by atoms with E-state index in [4.69, 9.17) is 4.74 Å². The van der Waals surface area contributed by atoms with E-state index in [0.717, 1.165) is 5.69 Å². The standard InChI is InChI=1S/C13H17F3N2O/c1-9-6-12(18-8-17-9)19-7-10-2-4-11(5-3-10)13(14,15)16/h6,8,10-11H,2-5,7H2,1H3. The summed E-state index contributed by atoms with van der Waals surface area (Å²) in [7, 11) is 0. The maximum absolute atomic E-state index is 12.5. The Labute approximate surface area is 110 Å². The van der Waals surface area contributed by atoms with E-state index in [0.29, 0.717) is 25.3 Å².